The first-order valence-corrected chi connectivity index (χ1v) is 7.78. The van der Waals surface area contributed by atoms with Crippen LogP contribution in [0.2, 0.25) is 3.67 Å². The molecule has 6 heteroatoms. The molecule has 0 heterocycles. The van der Waals surface area contributed by atoms with Gasteiger partial charge >= 0.3 is 87.4 Å². The molecular formula is C8H19NaO4S. The summed E-state index contributed by atoms with van der Waals surface area (Å²) in [5.74, 6) is 0.916. The summed E-state index contributed by atoms with van der Waals surface area (Å²) in [6.07, 6.45) is 5.85. The summed E-state index contributed by atoms with van der Waals surface area (Å²) < 4.78 is 33.1. The number of rotatable bonds is 5. The topological polar surface area (TPSA) is 74.6 Å². The molecule has 82 valence electrons. The van der Waals surface area contributed by atoms with Crippen molar-refractivity contribution in [2.24, 2.45) is 5.92 Å². The minimum atomic E-state index is -4.67. The molecule has 0 aromatic carbocycles. The zero-order valence-electron chi connectivity index (χ0n) is 9.23. The van der Waals surface area contributed by atoms with Gasteiger partial charge in [-0.05, 0) is 0 Å². The molecule has 0 spiro atoms. The normalized spacial score (nSPS) is 11.1. The van der Waals surface area contributed by atoms with E-state index < -0.39 is 10.4 Å². The zero-order chi connectivity index (χ0) is 11.6. The molecule has 0 aliphatic heterocycles. The molecule has 0 bridgehead atoms. The summed E-state index contributed by atoms with van der Waals surface area (Å²) in [6, 6.07) is 0. The molecule has 0 aliphatic rings. The Labute approximate surface area is 104 Å². The van der Waals surface area contributed by atoms with E-state index in [-0.39, 0.29) is 0 Å². The Balaban J connectivity index is 0. The summed E-state index contributed by atoms with van der Waals surface area (Å²) in [6.45, 7) is 4.61. The van der Waals surface area contributed by atoms with Gasteiger partial charge in [-0.25, -0.2) is 0 Å². The van der Waals surface area contributed by atoms with E-state index in [1.807, 2.05) is 0 Å². The quantitative estimate of drug-likeness (QED) is 0.434. The summed E-state index contributed by atoms with van der Waals surface area (Å²) in [5, 5.41) is 0. The van der Waals surface area contributed by atoms with E-state index in [4.69, 9.17) is 17.5 Å². The minimum Gasteiger partial charge on any atom is -0.264 e. The molecule has 0 unspecified atom stereocenters. The molecule has 0 saturated heterocycles. The molecule has 0 aliphatic carbocycles. The van der Waals surface area contributed by atoms with Crippen molar-refractivity contribution in [3.05, 3.63) is 0 Å². The van der Waals surface area contributed by atoms with Crippen LogP contribution in [0.15, 0.2) is 0 Å². The predicted octanol–water partition coefficient (Wildman–Crippen LogP) is 2.14. The molecule has 0 saturated carbocycles. The van der Waals surface area contributed by atoms with Gasteiger partial charge in [-0.2, -0.15) is 8.42 Å². The maximum absolute atomic E-state index is 8.74. The van der Waals surface area contributed by atoms with E-state index in [0.717, 1.165) is 5.92 Å². The molecule has 0 amide bonds. The van der Waals surface area contributed by atoms with Gasteiger partial charge in [0.25, 0.3) is 0 Å². The first kappa shape index (κ1) is 17.3. The fourth-order valence-corrected chi connectivity index (χ4v) is 1.48. The predicted molar refractivity (Wildman–Crippen MR) is 58.0 cm³/mol. The Bertz CT molecular complexity index is 193. The molecular weight excluding hydrogens is 215 g/mol. The Morgan fingerprint density at radius 1 is 1.14 bits per heavy atom. The van der Waals surface area contributed by atoms with Gasteiger partial charge in [0, 0.05) is 0 Å². The van der Waals surface area contributed by atoms with Gasteiger partial charge in [-0.3, -0.25) is 9.11 Å². The fraction of sp³-hybridized carbons (Fsp3) is 1.00. The first-order chi connectivity index (χ1) is 6.27. The summed E-state index contributed by atoms with van der Waals surface area (Å²) >= 11 is 1.40. The van der Waals surface area contributed by atoms with E-state index >= 15 is 0 Å². The molecule has 0 aromatic rings. The van der Waals surface area contributed by atoms with E-state index in [9.17, 15) is 0 Å². The molecule has 0 fully saturated rings. The number of hydrogen-bond acceptors (Lipinski definition) is 2. The van der Waals surface area contributed by atoms with Crippen LogP contribution in [0.1, 0.15) is 39.5 Å². The third kappa shape index (κ3) is 38.4. The summed E-state index contributed by atoms with van der Waals surface area (Å²) in [7, 11) is -4.67. The third-order valence-corrected chi connectivity index (χ3v) is 2.34. The van der Waals surface area contributed by atoms with E-state index in [2.05, 4.69) is 13.8 Å². The van der Waals surface area contributed by atoms with Crippen LogP contribution in [0, 0.1) is 5.92 Å². The van der Waals surface area contributed by atoms with Gasteiger partial charge in [0.2, 0.25) is 0 Å². The third-order valence-electron chi connectivity index (χ3n) is 1.64. The van der Waals surface area contributed by atoms with Crippen LogP contribution in [0.5, 0.6) is 0 Å². The van der Waals surface area contributed by atoms with Crippen molar-refractivity contribution < 1.29 is 17.5 Å². The SMILES string of the molecule is CC(C)CCCC[CH2][Na].O=S(=O)(O)O. The van der Waals surface area contributed by atoms with Crippen LogP contribution in [0.4, 0.5) is 0 Å². The molecule has 0 aromatic heterocycles. The van der Waals surface area contributed by atoms with Crippen molar-refractivity contribution in [2.75, 3.05) is 0 Å². The van der Waals surface area contributed by atoms with Crippen molar-refractivity contribution in [3.63, 3.8) is 0 Å². The largest absolute Gasteiger partial charge is 0.394 e. The van der Waals surface area contributed by atoms with E-state index in [1.165, 1.54) is 57.3 Å². The van der Waals surface area contributed by atoms with Crippen molar-refractivity contribution in [1.82, 2.24) is 0 Å². The molecule has 4 nitrogen and oxygen atoms in total. The van der Waals surface area contributed by atoms with Gasteiger partial charge < -0.3 is 0 Å². The standard InChI is InChI=1S/C8H17.Na.H2O4S/c1-4-5-6-7-8(2)3;;1-5(2,3)4/h8H,1,4-7H2,2-3H3;;(H2,1,2,3,4). The van der Waals surface area contributed by atoms with Crippen LogP contribution in [-0.2, 0) is 10.4 Å². The molecule has 2 N–H and O–H groups in total. The van der Waals surface area contributed by atoms with E-state index in [0.29, 0.717) is 0 Å². The van der Waals surface area contributed by atoms with Crippen LogP contribution in [0.25, 0.3) is 0 Å². The monoisotopic (exact) mass is 234 g/mol. The van der Waals surface area contributed by atoms with Gasteiger partial charge in [-0.15, -0.1) is 0 Å². The smallest absolute Gasteiger partial charge is 0.264 e. The second kappa shape index (κ2) is 10.4. The average molecular weight is 234 g/mol. The van der Waals surface area contributed by atoms with Crippen LogP contribution >= 0.6 is 0 Å². The van der Waals surface area contributed by atoms with Gasteiger partial charge in [0.1, 0.15) is 0 Å². The summed E-state index contributed by atoms with van der Waals surface area (Å²) in [4.78, 5) is 0. The van der Waals surface area contributed by atoms with Gasteiger partial charge in [0.15, 0.2) is 0 Å². The molecule has 0 radical (unpaired) electrons. The minimum absolute atomic E-state index is 0.916. The van der Waals surface area contributed by atoms with Crippen molar-refractivity contribution in [3.8, 4) is 0 Å². The number of unbranched alkanes of at least 4 members (excludes halogenated alkanes) is 2. The average Bonchev–Trinajstić information content (AvgIpc) is 1.94. The molecule has 14 heavy (non-hydrogen) atoms. The second-order valence-electron chi connectivity index (χ2n) is 3.69. The van der Waals surface area contributed by atoms with Crippen LogP contribution < -0.4 is 0 Å². The zero-order valence-corrected chi connectivity index (χ0v) is 12.0. The Hall–Kier alpha value is 0.870. The van der Waals surface area contributed by atoms with E-state index in [1.54, 1.807) is 0 Å². The maximum Gasteiger partial charge on any atom is 0.394 e. The molecule has 0 rings (SSSR count). The van der Waals surface area contributed by atoms with Crippen LogP contribution in [-0.4, -0.2) is 45.5 Å². The Morgan fingerprint density at radius 3 is 1.86 bits per heavy atom. The molecule has 0 atom stereocenters. The van der Waals surface area contributed by atoms with Gasteiger partial charge in [-0.1, -0.05) is 0 Å². The fourth-order valence-electron chi connectivity index (χ4n) is 0.979. The number of hydrogen-bond donors (Lipinski definition) is 2. The van der Waals surface area contributed by atoms with Gasteiger partial charge in [0.05, 0.1) is 0 Å². The van der Waals surface area contributed by atoms with Crippen LogP contribution in [0.3, 0.4) is 0 Å². The van der Waals surface area contributed by atoms with Crippen molar-refractivity contribution in [2.45, 2.75) is 43.2 Å². The first-order valence-electron chi connectivity index (χ1n) is 4.97. The Morgan fingerprint density at radius 2 is 1.57 bits per heavy atom. The second-order valence-corrected chi connectivity index (χ2v) is 5.59. The Kier molecular flexibility index (Phi) is 12.8. The summed E-state index contributed by atoms with van der Waals surface area (Å²) in [5.41, 5.74) is 0. The van der Waals surface area contributed by atoms with Crippen molar-refractivity contribution in [1.29, 1.82) is 0 Å². The van der Waals surface area contributed by atoms with Crippen molar-refractivity contribution >= 4 is 38.3 Å². The maximum atomic E-state index is 8.74.